The van der Waals surface area contributed by atoms with Gasteiger partial charge in [-0.25, -0.2) is 4.79 Å². The summed E-state index contributed by atoms with van der Waals surface area (Å²) < 4.78 is 0. The third-order valence-corrected chi connectivity index (χ3v) is 4.37. The van der Waals surface area contributed by atoms with Crippen molar-refractivity contribution in [1.29, 1.82) is 0 Å². The Morgan fingerprint density at radius 2 is 1.27 bits per heavy atom. The van der Waals surface area contributed by atoms with Crippen LogP contribution in [0.5, 0.6) is 0 Å². The number of carbonyl (C=O) groups excluding carboxylic acids is 1. The average molecular weight is 401 g/mol. The predicted octanol–water partition coefficient (Wildman–Crippen LogP) is 4.43. The standard InChI is InChI=1S/C24H19NO5/c26-22(27)15-18-9-7-16(8-10-18)5-6-17-11-13-19(14-12-17)25-23(28)20-3-1-2-4-21(20)24(29)30/h1-14H,15H2,(H,25,28)(H,26,27)(H,29,30). The Morgan fingerprint density at radius 1 is 0.733 bits per heavy atom. The summed E-state index contributed by atoms with van der Waals surface area (Å²) in [4.78, 5) is 34.4. The quantitative estimate of drug-likeness (QED) is 0.508. The van der Waals surface area contributed by atoms with Crippen LogP contribution in [-0.4, -0.2) is 28.1 Å². The molecule has 0 fully saturated rings. The minimum absolute atomic E-state index is 0.00584. The third kappa shape index (κ3) is 5.42. The van der Waals surface area contributed by atoms with Gasteiger partial charge >= 0.3 is 11.9 Å². The molecule has 0 heterocycles. The molecule has 6 nitrogen and oxygen atoms in total. The molecule has 0 saturated carbocycles. The molecule has 3 aromatic carbocycles. The van der Waals surface area contributed by atoms with Crippen LogP contribution in [0.1, 0.15) is 37.4 Å². The molecule has 3 rings (SSSR count). The second-order valence-corrected chi connectivity index (χ2v) is 6.57. The maximum absolute atomic E-state index is 12.4. The number of rotatable bonds is 7. The summed E-state index contributed by atoms with van der Waals surface area (Å²) in [5, 5.41) is 20.7. The summed E-state index contributed by atoms with van der Waals surface area (Å²) >= 11 is 0. The van der Waals surface area contributed by atoms with Gasteiger partial charge in [0.2, 0.25) is 0 Å². The Kier molecular flexibility index (Phi) is 6.39. The molecule has 0 bridgehead atoms. The lowest BCUT2D eigenvalue weighted by Crippen LogP contribution is -2.16. The number of hydrogen-bond donors (Lipinski definition) is 3. The highest BCUT2D eigenvalue weighted by molar-refractivity contribution is 6.10. The Morgan fingerprint density at radius 3 is 1.80 bits per heavy atom. The van der Waals surface area contributed by atoms with Gasteiger partial charge in [-0.1, -0.05) is 60.7 Å². The average Bonchev–Trinajstić information content (AvgIpc) is 2.74. The number of nitrogens with one attached hydrogen (secondary N) is 1. The van der Waals surface area contributed by atoms with Gasteiger partial charge < -0.3 is 15.5 Å². The zero-order chi connectivity index (χ0) is 21.5. The van der Waals surface area contributed by atoms with Crippen molar-refractivity contribution in [3.05, 3.63) is 101 Å². The number of aliphatic carboxylic acids is 1. The zero-order valence-corrected chi connectivity index (χ0v) is 15.9. The van der Waals surface area contributed by atoms with Crippen molar-refractivity contribution >= 4 is 35.7 Å². The first-order valence-corrected chi connectivity index (χ1v) is 9.15. The highest BCUT2D eigenvalue weighted by Crippen LogP contribution is 2.16. The van der Waals surface area contributed by atoms with Crippen LogP contribution in [0.4, 0.5) is 5.69 Å². The Hall–Kier alpha value is -4.19. The van der Waals surface area contributed by atoms with E-state index in [0.717, 1.165) is 16.7 Å². The lowest BCUT2D eigenvalue weighted by atomic mass is 10.1. The van der Waals surface area contributed by atoms with Crippen molar-refractivity contribution in [3.8, 4) is 0 Å². The lowest BCUT2D eigenvalue weighted by molar-refractivity contribution is -0.136. The van der Waals surface area contributed by atoms with Gasteiger partial charge in [-0.3, -0.25) is 9.59 Å². The van der Waals surface area contributed by atoms with Crippen LogP contribution in [-0.2, 0) is 11.2 Å². The molecular weight excluding hydrogens is 382 g/mol. The first-order chi connectivity index (χ1) is 14.4. The van der Waals surface area contributed by atoms with Crippen molar-refractivity contribution in [2.24, 2.45) is 0 Å². The predicted molar refractivity (Wildman–Crippen MR) is 115 cm³/mol. The summed E-state index contributed by atoms with van der Waals surface area (Å²) in [6, 6.07) is 20.4. The zero-order valence-electron chi connectivity index (χ0n) is 15.9. The molecule has 0 aliphatic carbocycles. The highest BCUT2D eigenvalue weighted by atomic mass is 16.4. The van der Waals surface area contributed by atoms with Gasteiger partial charge in [-0.15, -0.1) is 0 Å². The molecule has 0 saturated heterocycles. The Labute approximate surface area is 173 Å². The number of amides is 1. The number of carboxylic acid groups (broad SMARTS) is 2. The third-order valence-electron chi connectivity index (χ3n) is 4.37. The first kappa shape index (κ1) is 20.5. The van der Waals surface area contributed by atoms with E-state index in [1.54, 1.807) is 36.4 Å². The number of hydrogen-bond acceptors (Lipinski definition) is 3. The van der Waals surface area contributed by atoms with Crippen LogP contribution in [0.15, 0.2) is 72.8 Å². The van der Waals surface area contributed by atoms with E-state index in [2.05, 4.69) is 5.32 Å². The van der Waals surface area contributed by atoms with Crippen LogP contribution in [0.25, 0.3) is 12.2 Å². The van der Waals surface area contributed by atoms with Crippen molar-refractivity contribution in [2.75, 3.05) is 5.32 Å². The fraction of sp³-hybridized carbons (Fsp3) is 0.0417. The minimum Gasteiger partial charge on any atom is -0.481 e. The van der Waals surface area contributed by atoms with Crippen molar-refractivity contribution in [2.45, 2.75) is 6.42 Å². The van der Waals surface area contributed by atoms with E-state index in [4.69, 9.17) is 5.11 Å². The summed E-state index contributed by atoms with van der Waals surface area (Å²) in [6.45, 7) is 0. The molecule has 0 radical (unpaired) electrons. The van der Waals surface area contributed by atoms with Crippen LogP contribution in [0, 0.1) is 0 Å². The molecule has 6 heteroatoms. The van der Waals surface area contributed by atoms with E-state index < -0.39 is 17.8 Å². The smallest absolute Gasteiger partial charge is 0.336 e. The molecule has 0 unspecified atom stereocenters. The van der Waals surface area contributed by atoms with E-state index in [0.29, 0.717) is 5.69 Å². The monoisotopic (exact) mass is 401 g/mol. The SMILES string of the molecule is O=C(O)Cc1ccc(C=Cc2ccc(NC(=O)c3ccccc3C(=O)O)cc2)cc1. The highest BCUT2D eigenvalue weighted by Gasteiger charge is 2.15. The molecule has 0 aliphatic rings. The minimum atomic E-state index is -1.16. The normalized spacial score (nSPS) is 10.7. The number of carboxylic acids is 2. The number of anilines is 1. The second-order valence-electron chi connectivity index (χ2n) is 6.57. The maximum atomic E-state index is 12.4. The van der Waals surface area contributed by atoms with Crippen molar-refractivity contribution in [3.63, 3.8) is 0 Å². The Bertz CT molecular complexity index is 1100. The van der Waals surface area contributed by atoms with Crippen LogP contribution in [0.3, 0.4) is 0 Å². The van der Waals surface area contributed by atoms with Crippen molar-refractivity contribution in [1.82, 2.24) is 0 Å². The molecular formula is C24H19NO5. The van der Waals surface area contributed by atoms with Crippen LogP contribution >= 0.6 is 0 Å². The largest absolute Gasteiger partial charge is 0.481 e. The van der Waals surface area contributed by atoms with Crippen molar-refractivity contribution < 1.29 is 24.6 Å². The van der Waals surface area contributed by atoms with Gasteiger partial charge in [0, 0.05) is 5.69 Å². The van der Waals surface area contributed by atoms with Gasteiger partial charge in [0.05, 0.1) is 17.5 Å². The molecule has 30 heavy (non-hydrogen) atoms. The molecule has 3 aromatic rings. The van der Waals surface area contributed by atoms with E-state index in [1.165, 1.54) is 12.1 Å². The van der Waals surface area contributed by atoms with E-state index in [1.807, 2.05) is 36.4 Å². The molecule has 1 amide bonds. The summed E-state index contributed by atoms with van der Waals surface area (Å²) in [5.74, 6) is -2.51. The molecule has 0 aromatic heterocycles. The maximum Gasteiger partial charge on any atom is 0.336 e. The van der Waals surface area contributed by atoms with E-state index in [-0.39, 0.29) is 17.5 Å². The lowest BCUT2D eigenvalue weighted by Gasteiger charge is -2.08. The van der Waals surface area contributed by atoms with Crippen LogP contribution < -0.4 is 5.32 Å². The van der Waals surface area contributed by atoms with Gasteiger partial charge in [0.1, 0.15) is 0 Å². The fourth-order valence-electron chi connectivity index (χ4n) is 2.86. The molecule has 0 atom stereocenters. The first-order valence-electron chi connectivity index (χ1n) is 9.15. The summed E-state index contributed by atoms with van der Waals surface area (Å²) in [7, 11) is 0. The van der Waals surface area contributed by atoms with Crippen LogP contribution in [0.2, 0.25) is 0 Å². The molecule has 0 aliphatic heterocycles. The van der Waals surface area contributed by atoms with Gasteiger partial charge in [0.15, 0.2) is 0 Å². The number of aromatic carboxylic acids is 1. The fourth-order valence-corrected chi connectivity index (χ4v) is 2.86. The molecule has 3 N–H and O–H groups in total. The van der Waals surface area contributed by atoms with E-state index >= 15 is 0 Å². The van der Waals surface area contributed by atoms with Gasteiger partial charge in [-0.2, -0.15) is 0 Å². The topological polar surface area (TPSA) is 104 Å². The number of carbonyl (C=O) groups is 3. The van der Waals surface area contributed by atoms with Gasteiger partial charge in [-0.05, 0) is 41.0 Å². The number of benzene rings is 3. The summed E-state index contributed by atoms with van der Waals surface area (Å²) in [5.41, 5.74) is 3.18. The summed E-state index contributed by atoms with van der Waals surface area (Å²) in [6.07, 6.45) is 3.80. The Balaban J connectivity index is 1.65. The molecule has 150 valence electrons. The molecule has 0 spiro atoms. The van der Waals surface area contributed by atoms with Gasteiger partial charge in [0.25, 0.3) is 5.91 Å². The second kappa shape index (κ2) is 9.34. The van der Waals surface area contributed by atoms with E-state index in [9.17, 15) is 19.5 Å².